The van der Waals surface area contributed by atoms with Crippen molar-refractivity contribution in [2.75, 3.05) is 25.6 Å². The van der Waals surface area contributed by atoms with Crippen molar-refractivity contribution in [1.82, 2.24) is 24.4 Å². The maximum absolute atomic E-state index is 12.5. The zero-order valence-electron chi connectivity index (χ0n) is 19.8. The zero-order chi connectivity index (χ0) is 24.7. The molecule has 1 amide bonds. The second-order valence-corrected chi connectivity index (χ2v) is 11.4. The molecular formula is C23H27BrN6O4S. The SMILES string of the molecule is CC(C)(C)OC(=O)N1CC[C@H](CCn2c(Sc3cc4c(cc3Br)OCO4)nc3c(N)ncnc32)C1. The first kappa shape index (κ1) is 24.0. The van der Waals surface area contributed by atoms with Crippen molar-refractivity contribution in [2.45, 2.75) is 55.8 Å². The number of aryl methyl sites for hydroxylation is 1. The Hall–Kier alpha value is -2.73. The summed E-state index contributed by atoms with van der Waals surface area (Å²) in [5.41, 5.74) is 6.89. The molecule has 0 unspecified atom stereocenters. The summed E-state index contributed by atoms with van der Waals surface area (Å²) in [5, 5.41) is 0.758. The fourth-order valence-corrected chi connectivity index (χ4v) is 5.67. The first-order chi connectivity index (χ1) is 16.7. The lowest BCUT2D eigenvalue weighted by atomic mass is 10.1. The average Bonchev–Trinajstić information content (AvgIpc) is 3.50. The van der Waals surface area contributed by atoms with E-state index in [1.165, 1.54) is 18.1 Å². The molecule has 1 saturated heterocycles. The molecule has 0 radical (unpaired) electrons. The van der Waals surface area contributed by atoms with Gasteiger partial charge in [0.25, 0.3) is 0 Å². The molecule has 0 spiro atoms. The predicted octanol–water partition coefficient (Wildman–Crippen LogP) is 4.70. The van der Waals surface area contributed by atoms with Gasteiger partial charge in [0.1, 0.15) is 11.9 Å². The molecule has 2 aliphatic rings. The van der Waals surface area contributed by atoms with Gasteiger partial charge in [0.2, 0.25) is 6.79 Å². The largest absolute Gasteiger partial charge is 0.454 e. The predicted molar refractivity (Wildman–Crippen MR) is 135 cm³/mol. The molecular weight excluding hydrogens is 536 g/mol. The highest BCUT2D eigenvalue weighted by molar-refractivity contribution is 9.10. The summed E-state index contributed by atoms with van der Waals surface area (Å²) in [6.07, 6.45) is 3.00. The number of ether oxygens (including phenoxy) is 3. The van der Waals surface area contributed by atoms with Gasteiger partial charge in [-0.05, 0) is 67.6 Å². The van der Waals surface area contributed by atoms with Crippen LogP contribution < -0.4 is 15.2 Å². The zero-order valence-corrected chi connectivity index (χ0v) is 22.2. The number of nitrogens with zero attached hydrogens (tertiary/aromatic N) is 5. The maximum atomic E-state index is 12.5. The number of imidazole rings is 1. The van der Waals surface area contributed by atoms with Crippen LogP contribution in [0, 0.1) is 5.92 Å². The van der Waals surface area contributed by atoms with Crippen LogP contribution in [0.3, 0.4) is 0 Å². The smallest absolute Gasteiger partial charge is 0.410 e. The van der Waals surface area contributed by atoms with Crippen molar-refractivity contribution in [1.29, 1.82) is 0 Å². The van der Waals surface area contributed by atoms with E-state index in [4.69, 9.17) is 24.9 Å². The van der Waals surface area contributed by atoms with Gasteiger partial charge in [0, 0.05) is 29.0 Å². The van der Waals surface area contributed by atoms with Crippen LogP contribution >= 0.6 is 27.7 Å². The van der Waals surface area contributed by atoms with E-state index in [1.807, 2.05) is 32.9 Å². The fraction of sp³-hybridized carbons (Fsp3) is 0.478. The number of benzene rings is 1. The summed E-state index contributed by atoms with van der Waals surface area (Å²) in [6, 6.07) is 3.83. The average molecular weight is 563 g/mol. The first-order valence-electron chi connectivity index (χ1n) is 11.4. The van der Waals surface area contributed by atoms with Crippen molar-refractivity contribution < 1.29 is 19.0 Å². The Labute approximate surface area is 215 Å². The Balaban J connectivity index is 1.35. The Morgan fingerprint density at radius 1 is 1.29 bits per heavy atom. The number of carbonyl (C=O) groups excluding carboxylic acids is 1. The van der Waals surface area contributed by atoms with E-state index in [-0.39, 0.29) is 12.9 Å². The molecule has 1 fully saturated rings. The van der Waals surface area contributed by atoms with Crippen molar-refractivity contribution in [2.24, 2.45) is 5.92 Å². The second kappa shape index (κ2) is 9.38. The van der Waals surface area contributed by atoms with E-state index in [9.17, 15) is 4.79 Å². The number of carbonyl (C=O) groups is 1. The quantitative estimate of drug-likeness (QED) is 0.472. The number of anilines is 1. The molecule has 0 aliphatic carbocycles. The van der Waals surface area contributed by atoms with Crippen LogP contribution in [0.25, 0.3) is 11.2 Å². The number of rotatable bonds is 5. The highest BCUT2D eigenvalue weighted by Crippen LogP contribution is 2.43. The number of likely N-dealkylation sites (tertiary alicyclic amines) is 1. The molecule has 0 saturated carbocycles. The van der Waals surface area contributed by atoms with Gasteiger partial charge in [0.15, 0.2) is 33.6 Å². The molecule has 35 heavy (non-hydrogen) atoms. The van der Waals surface area contributed by atoms with Crippen LogP contribution in [0.5, 0.6) is 11.5 Å². The number of hydrogen-bond donors (Lipinski definition) is 1. The Bertz CT molecular complexity index is 1280. The normalized spacial score (nSPS) is 17.4. The first-order valence-corrected chi connectivity index (χ1v) is 13.0. The summed E-state index contributed by atoms with van der Waals surface area (Å²) in [5.74, 6) is 2.11. The van der Waals surface area contributed by atoms with E-state index in [0.717, 1.165) is 27.4 Å². The van der Waals surface area contributed by atoms with E-state index in [0.29, 0.717) is 54.0 Å². The summed E-state index contributed by atoms with van der Waals surface area (Å²) in [6.45, 7) is 7.92. The minimum absolute atomic E-state index is 0.211. The van der Waals surface area contributed by atoms with Gasteiger partial charge in [-0.2, -0.15) is 0 Å². The minimum Gasteiger partial charge on any atom is -0.454 e. The lowest BCUT2D eigenvalue weighted by Gasteiger charge is -2.24. The number of amides is 1. The highest BCUT2D eigenvalue weighted by Gasteiger charge is 2.30. The van der Waals surface area contributed by atoms with Crippen molar-refractivity contribution in [3.63, 3.8) is 0 Å². The van der Waals surface area contributed by atoms with Crippen LogP contribution in [-0.4, -0.2) is 56.0 Å². The molecule has 12 heteroatoms. The molecule has 0 bridgehead atoms. The van der Waals surface area contributed by atoms with E-state index >= 15 is 0 Å². The fourth-order valence-electron chi connectivity index (χ4n) is 4.16. The van der Waals surface area contributed by atoms with Crippen LogP contribution in [0.15, 0.2) is 33.0 Å². The number of nitrogen functional groups attached to an aromatic ring is 1. The molecule has 1 aromatic carbocycles. The molecule has 5 rings (SSSR count). The van der Waals surface area contributed by atoms with Gasteiger partial charge in [-0.15, -0.1) is 0 Å². The van der Waals surface area contributed by atoms with Crippen LogP contribution in [-0.2, 0) is 11.3 Å². The Morgan fingerprint density at radius 2 is 2.06 bits per heavy atom. The molecule has 10 nitrogen and oxygen atoms in total. The Morgan fingerprint density at radius 3 is 2.83 bits per heavy atom. The lowest BCUT2D eigenvalue weighted by molar-refractivity contribution is 0.0287. The second-order valence-electron chi connectivity index (χ2n) is 9.58. The van der Waals surface area contributed by atoms with E-state index < -0.39 is 5.60 Å². The number of fused-ring (bicyclic) bond motifs is 2. The number of nitrogens with two attached hydrogens (primary N) is 1. The molecule has 4 heterocycles. The van der Waals surface area contributed by atoms with Crippen LogP contribution in [0.4, 0.5) is 10.6 Å². The standard InChI is InChI=1S/C23H27BrN6O4S/c1-23(2,3)34-22(31)29-6-4-13(10-29)5-7-30-20-18(19(25)26-11-27-20)28-21(30)35-17-9-16-15(8-14(17)24)32-12-33-16/h8-9,11,13H,4-7,10,12H2,1-3H3,(H2,25,26,27)/t13-/m1/s1. The summed E-state index contributed by atoms with van der Waals surface area (Å²) in [7, 11) is 0. The van der Waals surface area contributed by atoms with Gasteiger partial charge in [-0.1, -0.05) is 11.8 Å². The van der Waals surface area contributed by atoms with Gasteiger partial charge in [-0.3, -0.25) is 0 Å². The van der Waals surface area contributed by atoms with Gasteiger partial charge in [0.05, 0.1) is 0 Å². The summed E-state index contributed by atoms with van der Waals surface area (Å²) >= 11 is 5.13. The number of hydrogen-bond acceptors (Lipinski definition) is 9. The summed E-state index contributed by atoms with van der Waals surface area (Å²) < 4.78 is 19.5. The van der Waals surface area contributed by atoms with Crippen LogP contribution in [0.2, 0.25) is 0 Å². The molecule has 1 atom stereocenters. The molecule has 186 valence electrons. The van der Waals surface area contributed by atoms with Crippen LogP contribution in [0.1, 0.15) is 33.6 Å². The minimum atomic E-state index is -0.500. The highest BCUT2D eigenvalue weighted by atomic mass is 79.9. The maximum Gasteiger partial charge on any atom is 0.410 e. The lowest BCUT2D eigenvalue weighted by Crippen LogP contribution is -2.35. The third-order valence-corrected chi connectivity index (χ3v) is 7.82. The molecule has 2 N–H and O–H groups in total. The number of halogens is 1. The Kier molecular flexibility index (Phi) is 6.43. The third kappa shape index (κ3) is 5.13. The molecule has 2 aromatic heterocycles. The number of aromatic nitrogens is 4. The van der Waals surface area contributed by atoms with Crippen molar-refractivity contribution in [3.05, 3.63) is 22.9 Å². The summed E-state index contributed by atoms with van der Waals surface area (Å²) in [4.78, 5) is 28.5. The van der Waals surface area contributed by atoms with Crippen molar-refractivity contribution >= 4 is 50.8 Å². The van der Waals surface area contributed by atoms with E-state index in [1.54, 1.807) is 4.90 Å². The van der Waals surface area contributed by atoms with Gasteiger partial charge < -0.3 is 29.4 Å². The molecule has 3 aromatic rings. The third-order valence-electron chi connectivity index (χ3n) is 5.85. The van der Waals surface area contributed by atoms with Gasteiger partial charge >= 0.3 is 6.09 Å². The van der Waals surface area contributed by atoms with E-state index in [2.05, 4.69) is 30.5 Å². The monoisotopic (exact) mass is 562 g/mol. The van der Waals surface area contributed by atoms with Crippen molar-refractivity contribution in [3.8, 4) is 11.5 Å². The van der Waals surface area contributed by atoms with Gasteiger partial charge in [-0.25, -0.2) is 19.7 Å². The topological polar surface area (TPSA) is 118 Å². The molecule has 2 aliphatic heterocycles.